The second kappa shape index (κ2) is 5.29. The Morgan fingerprint density at radius 2 is 1.88 bits per heavy atom. The minimum absolute atomic E-state index is 0.129. The molecule has 1 unspecified atom stereocenters. The van der Waals surface area contributed by atoms with Crippen molar-refractivity contribution in [3.8, 4) is 0 Å². The standard InChI is InChI=1S/C11H15NO4S/c1-3-10(11(13)14)8-4-6-9(7-5-8)17(15,16)12-2/h4-7,10,12H,3H2,1-2H3,(H,13,14). The van der Waals surface area contributed by atoms with Crippen LogP contribution in [0, 0.1) is 0 Å². The molecular weight excluding hydrogens is 242 g/mol. The maximum absolute atomic E-state index is 11.5. The molecule has 17 heavy (non-hydrogen) atoms. The number of carboxylic acid groups (broad SMARTS) is 1. The summed E-state index contributed by atoms with van der Waals surface area (Å²) in [6, 6.07) is 5.89. The molecule has 0 fully saturated rings. The first-order valence-electron chi connectivity index (χ1n) is 5.18. The molecular formula is C11H15NO4S. The highest BCUT2D eigenvalue weighted by atomic mass is 32.2. The van der Waals surface area contributed by atoms with Gasteiger partial charge in [-0.25, -0.2) is 13.1 Å². The Hall–Kier alpha value is -1.40. The predicted molar refractivity (Wildman–Crippen MR) is 63.4 cm³/mol. The first-order chi connectivity index (χ1) is 7.92. The second-order valence-corrected chi connectivity index (χ2v) is 5.46. The van der Waals surface area contributed by atoms with E-state index in [2.05, 4.69) is 4.72 Å². The Balaban J connectivity index is 3.07. The van der Waals surface area contributed by atoms with Crippen molar-refractivity contribution in [3.63, 3.8) is 0 Å². The molecule has 6 heteroatoms. The van der Waals surface area contributed by atoms with Crippen LogP contribution in [0.15, 0.2) is 29.2 Å². The van der Waals surface area contributed by atoms with Gasteiger partial charge < -0.3 is 5.11 Å². The van der Waals surface area contributed by atoms with E-state index >= 15 is 0 Å². The fourth-order valence-corrected chi connectivity index (χ4v) is 2.28. The van der Waals surface area contributed by atoms with Gasteiger partial charge in [-0.15, -0.1) is 0 Å². The van der Waals surface area contributed by atoms with E-state index in [1.807, 2.05) is 0 Å². The fraction of sp³-hybridized carbons (Fsp3) is 0.364. The van der Waals surface area contributed by atoms with Crippen molar-refractivity contribution in [2.45, 2.75) is 24.2 Å². The van der Waals surface area contributed by atoms with Gasteiger partial charge in [0.1, 0.15) is 0 Å². The van der Waals surface area contributed by atoms with Crippen molar-refractivity contribution in [2.24, 2.45) is 0 Å². The van der Waals surface area contributed by atoms with Gasteiger partial charge in [0, 0.05) is 0 Å². The van der Waals surface area contributed by atoms with Crippen molar-refractivity contribution in [1.82, 2.24) is 4.72 Å². The molecule has 1 rings (SSSR count). The maximum Gasteiger partial charge on any atom is 0.310 e. The number of aliphatic carboxylic acids is 1. The Morgan fingerprint density at radius 3 is 2.24 bits per heavy atom. The van der Waals surface area contributed by atoms with Gasteiger partial charge >= 0.3 is 5.97 Å². The van der Waals surface area contributed by atoms with E-state index in [0.717, 1.165) is 0 Å². The number of nitrogens with one attached hydrogen (secondary N) is 1. The molecule has 0 spiro atoms. The molecule has 2 N–H and O–H groups in total. The van der Waals surface area contributed by atoms with Gasteiger partial charge in [0.15, 0.2) is 0 Å². The molecule has 94 valence electrons. The molecule has 1 atom stereocenters. The molecule has 0 aliphatic carbocycles. The summed E-state index contributed by atoms with van der Waals surface area (Å²) in [6.07, 6.45) is 0.466. The lowest BCUT2D eigenvalue weighted by Crippen LogP contribution is -2.18. The Morgan fingerprint density at radius 1 is 1.35 bits per heavy atom. The number of hydrogen-bond acceptors (Lipinski definition) is 3. The average molecular weight is 257 g/mol. The van der Waals surface area contributed by atoms with Crippen LogP contribution >= 0.6 is 0 Å². The van der Waals surface area contributed by atoms with E-state index in [-0.39, 0.29) is 4.90 Å². The van der Waals surface area contributed by atoms with E-state index < -0.39 is 21.9 Å². The lowest BCUT2D eigenvalue weighted by atomic mass is 9.97. The van der Waals surface area contributed by atoms with Gasteiger partial charge in [-0.2, -0.15) is 0 Å². The number of carboxylic acids is 1. The topological polar surface area (TPSA) is 83.5 Å². The van der Waals surface area contributed by atoms with Crippen LogP contribution < -0.4 is 4.72 Å². The first-order valence-corrected chi connectivity index (χ1v) is 6.67. The van der Waals surface area contributed by atoms with Crippen molar-refractivity contribution in [3.05, 3.63) is 29.8 Å². The highest BCUT2D eigenvalue weighted by molar-refractivity contribution is 7.89. The zero-order chi connectivity index (χ0) is 13.1. The van der Waals surface area contributed by atoms with E-state index in [4.69, 9.17) is 5.11 Å². The maximum atomic E-state index is 11.5. The number of carbonyl (C=O) groups is 1. The molecule has 1 aromatic carbocycles. The fourth-order valence-electron chi connectivity index (χ4n) is 1.55. The molecule has 0 saturated carbocycles. The van der Waals surface area contributed by atoms with Crippen molar-refractivity contribution < 1.29 is 18.3 Å². The van der Waals surface area contributed by atoms with Gasteiger partial charge in [-0.3, -0.25) is 4.79 Å². The Bertz CT molecular complexity index is 493. The third-order valence-electron chi connectivity index (χ3n) is 2.57. The molecule has 5 nitrogen and oxygen atoms in total. The van der Waals surface area contributed by atoms with Crippen LogP contribution in [0.3, 0.4) is 0 Å². The van der Waals surface area contributed by atoms with Crippen LogP contribution in [0.25, 0.3) is 0 Å². The van der Waals surface area contributed by atoms with Gasteiger partial charge in [0.2, 0.25) is 10.0 Å². The molecule has 0 bridgehead atoms. The summed E-state index contributed by atoms with van der Waals surface area (Å²) >= 11 is 0. The molecule has 0 radical (unpaired) electrons. The monoisotopic (exact) mass is 257 g/mol. The lowest BCUT2D eigenvalue weighted by Gasteiger charge is -2.10. The quantitative estimate of drug-likeness (QED) is 0.829. The number of rotatable bonds is 5. The smallest absolute Gasteiger partial charge is 0.310 e. The molecule has 0 aliphatic heterocycles. The van der Waals surface area contributed by atoms with Gasteiger partial charge in [-0.1, -0.05) is 19.1 Å². The van der Waals surface area contributed by atoms with Crippen LogP contribution in [0.2, 0.25) is 0 Å². The molecule has 0 amide bonds. The number of benzene rings is 1. The van der Waals surface area contributed by atoms with Crippen LogP contribution in [0.5, 0.6) is 0 Å². The minimum Gasteiger partial charge on any atom is -0.481 e. The van der Waals surface area contributed by atoms with Crippen molar-refractivity contribution >= 4 is 16.0 Å². The van der Waals surface area contributed by atoms with Crippen LogP contribution in [0.1, 0.15) is 24.8 Å². The third-order valence-corrected chi connectivity index (χ3v) is 4.00. The third kappa shape index (κ3) is 3.04. The van der Waals surface area contributed by atoms with Crippen LogP contribution in [-0.2, 0) is 14.8 Å². The molecule has 0 aliphatic rings. The highest BCUT2D eigenvalue weighted by Crippen LogP contribution is 2.21. The largest absolute Gasteiger partial charge is 0.481 e. The molecule has 1 aromatic rings. The number of sulfonamides is 1. The molecule has 0 aromatic heterocycles. The summed E-state index contributed by atoms with van der Waals surface area (Å²) in [6.45, 7) is 1.77. The zero-order valence-electron chi connectivity index (χ0n) is 9.67. The normalized spacial score (nSPS) is 13.3. The van der Waals surface area contributed by atoms with Gasteiger partial charge in [0.25, 0.3) is 0 Å². The summed E-state index contributed by atoms with van der Waals surface area (Å²) in [5, 5.41) is 8.97. The van der Waals surface area contributed by atoms with Crippen LogP contribution in [-0.4, -0.2) is 26.5 Å². The van der Waals surface area contributed by atoms with E-state index in [0.29, 0.717) is 12.0 Å². The first kappa shape index (κ1) is 13.7. The SMILES string of the molecule is CCC(C(=O)O)c1ccc(S(=O)(=O)NC)cc1. The summed E-state index contributed by atoms with van der Waals surface area (Å²) in [5.74, 6) is -1.50. The summed E-state index contributed by atoms with van der Waals surface area (Å²) in [5.41, 5.74) is 0.607. The lowest BCUT2D eigenvalue weighted by molar-refractivity contribution is -0.138. The van der Waals surface area contributed by atoms with Crippen molar-refractivity contribution in [2.75, 3.05) is 7.05 Å². The zero-order valence-corrected chi connectivity index (χ0v) is 10.5. The Labute approximate surface area is 101 Å². The summed E-state index contributed by atoms with van der Waals surface area (Å²) < 4.78 is 25.1. The molecule has 0 heterocycles. The number of hydrogen-bond donors (Lipinski definition) is 2. The Kier molecular flexibility index (Phi) is 4.25. The molecule has 0 saturated heterocycles. The minimum atomic E-state index is -3.47. The van der Waals surface area contributed by atoms with E-state index in [1.165, 1.54) is 31.3 Å². The van der Waals surface area contributed by atoms with Crippen molar-refractivity contribution in [1.29, 1.82) is 0 Å². The van der Waals surface area contributed by atoms with E-state index in [1.54, 1.807) is 6.92 Å². The second-order valence-electron chi connectivity index (χ2n) is 3.58. The summed E-state index contributed by atoms with van der Waals surface area (Å²) in [7, 11) is -2.14. The average Bonchev–Trinajstić information content (AvgIpc) is 2.30. The summed E-state index contributed by atoms with van der Waals surface area (Å²) in [4.78, 5) is 11.1. The predicted octanol–water partition coefficient (Wildman–Crippen LogP) is 1.17. The highest BCUT2D eigenvalue weighted by Gasteiger charge is 2.18. The van der Waals surface area contributed by atoms with Gasteiger partial charge in [0.05, 0.1) is 10.8 Å². The van der Waals surface area contributed by atoms with Crippen LogP contribution in [0.4, 0.5) is 0 Å². The van der Waals surface area contributed by atoms with Gasteiger partial charge in [-0.05, 0) is 31.2 Å². The van der Waals surface area contributed by atoms with E-state index in [9.17, 15) is 13.2 Å².